The van der Waals surface area contributed by atoms with E-state index in [0.717, 1.165) is 42.7 Å². The summed E-state index contributed by atoms with van der Waals surface area (Å²) < 4.78 is 5.48. The number of hydrogen-bond donors (Lipinski definition) is 1. The van der Waals surface area contributed by atoms with Gasteiger partial charge in [-0.2, -0.15) is 0 Å². The quantitative estimate of drug-likeness (QED) is 0.351. The number of nitrogens with zero attached hydrogens (tertiary/aromatic N) is 1. The van der Waals surface area contributed by atoms with Gasteiger partial charge in [0.15, 0.2) is 0 Å². The largest absolute Gasteiger partial charge is 0.496 e. The Morgan fingerprint density at radius 1 is 1.03 bits per heavy atom. The first-order chi connectivity index (χ1) is 15.6. The molecule has 0 spiro atoms. The van der Waals surface area contributed by atoms with Crippen LogP contribution in [0.3, 0.4) is 0 Å². The number of hydrogen-bond acceptors (Lipinski definition) is 3. The molecule has 1 aliphatic heterocycles. The van der Waals surface area contributed by atoms with E-state index in [1.165, 1.54) is 0 Å². The lowest BCUT2D eigenvalue weighted by Crippen LogP contribution is -2.43. The fourth-order valence-electron chi connectivity index (χ4n) is 4.07. The zero-order valence-electron chi connectivity index (χ0n) is 19.2. The topological polar surface area (TPSA) is 58.6 Å². The zero-order valence-corrected chi connectivity index (χ0v) is 19.2. The number of unbranched alkanes of at least 4 members (excludes halogenated alkanes) is 2. The molecule has 32 heavy (non-hydrogen) atoms. The molecule has 170 valence electrons. The second-order valence-electron chi connectivity index (χ2n) is 8.23. The summed E-state index contributed by atoms with van der Waals surface area (Å²) in [4.78, 5) is 27.9. The van der Waals surface area contributed by atoms with Crippen LogP contribution in [0.2, 0.25) is 0 Å². The molecule has 0 bridgehead atoms. The fourth-order valence-corrected chi connectivity index (χ4v) is 4.07. The summed E-state index contributed by atoms with van der Waals surface area (Å²) in [6, 6.07) is 17.4. The highest BCUT2D eigenvalue weighted by atomic mass is 16.5. The minimum Gasteiger partial charge on any atom is -0.496 e. The molecular weight excluding hydrogens is 400 g/mol. The van der Waals surface area contributed by atoms with Crippen molar-refractivity contribution in [3.8, 4) is 5.75 Å². The van der Waals surface area contributed by atoms with Crippen molar-refractivity contribution >= 4 is 23.5 Å². The van der Waals surface area contributed by atoms with Crippen LogP contribution in [-0.4, -0.2) is 43.5 Å². The molecule has 0 atom stereocenters. The monoisotopic (exact) mass is 434 g/mol. The second kappa shape index (κ2) is 12.1. The van der Waals surface area contributed by atoms with E-state index >= 15 is 0 Å². The number of methoxy groups -OCH3 is 1. The Morgan fingerprint density at radius 2 is 1.72 bits per heavy atom. The molecule has 0 radical (unpaired) electrons. The van der Waals surface area contributed by atoms with Gasteiger partial charge in [-0.05, 0) is 37.0 Å². The molecule has 1 saturated heterocycles. The molecule has 1 fully saturated rings. The number of ether oxygens (including phenoxy) is 1. The number of carbonyl (C=O) groups excluding carboxylic acids is 2. The third kappa shape index (κ3) is 6.22. The lowest BCUT2D eigenvalue weighted by Gasteiger charge is -2.32. The van der Waals surface area contributed by atoms with Crippen LogP contribution in [0.4, 0.5) is 0 Å². The van der Waals surface area contributed by atoms with E-state index in [2.05, 4.69) is 12.2 Å². The van der Waals surface area contributed by atoms with Crippen molar-refractivity contribution in [2.45, 2.75) is 39.0 Å². The molecule has 0 saturated carbocycles. The minimum absolute atomic E-state index is 0.0103. The number of carbonyl (C=O) groups is 2. The van der Waals surface area contributed by atoms with Crippen molar-refractivity contribution in [1.29, 1.82) is 0 Å². The van der Waals surface area contributed by atoms with Crippen molar-refractivity contribution < 1.29 is 14.3 Å². The molecule has 1 heterocycles. The van der Waals surface area contributed by atoms with Gasteiger partial charge >= 0.3 is 0 Å². The summed E-state index contributed by atoms with van der Waals surface area (Å²) in [6.07, 6.45) is 6.59. The van der Waals surface area contributed by atoms with Crippen LogP contribution in [0.25, 0.3) is 11.6 Å². The Morgan fingerprint density at radius 3 is 2.41 bits per heavy atom. The standard InChI is InChI=1S/C27H34N2O3/c1-3-4-10-17-28-26(30)22-15-18-29(19-16-22)27(31)24(21-11-6-5-7-12-21)20-23-13-8-9-14-25(23)32-2/h5-9,11-14,20,22H,3-4,10,15-19H2,1-2H3,(H,28,30). The average Bonchev–Trinajstić information content (AvgIpc) is 2.85. The first-order valence-electron chi connectivity index (χ1n) is 11.6. The average molecular weight is 435 g/mol. The van der Waals surface area contributed by atoms with Gasteiger partial charge in [-0.3, -0.25) is 9.59 Å². The third-order valence-corrected chi connectivity index (χ3v) is 5.99. The number of nitrogens with one attached hydrogen (secondary N) is 1. The molecule has 2 amide bonds. The lowest BCUT2D eigenvalue weighted by molar-refractivity contribution is -0.131. The number of rotatable bonds is 9. The SMILES string of the molecule is CCCCCNC(=O)C1CCN(C(=O)C(=Cc2ccccc2OC)c2ccccc2)CC1. The van der Waals surface area contributed by atoms with Crippen LogP contribution >= 0.6 is 0 Å². The number of benzene rings is 2. The molecule has 0 aliphatic carbocycles. The summed E-state index contributed by atoms with van der Waals surface area (Å²) in [5.41, 5.74) is 2.38. The number of piperidine rings is 1. The Hall–Kier alpha value is -3.08. The summed E-state index contributed by atoms with van der Waals surface area (Å²) in [6.45, 7) is 4.07. The van der Waals surface area contributed by atoms with E-state index in [4.69, 9.17) is 4.74 Å². The molecule has 1 N–H and O–H groups in total. The summed E-state index contributed by atoms with van der Waals surface area (Å²) >= 11 is 0. The number of amides is 2. The fraction of sp³-hybridized carbons (Fsp3) is 0.407. The Kier molecular flexibility index (Phi) is 8.90. The zero-order chi connectivity index (χ0) is 22.8. The Balaban J connectivity index is 1.72. The van der Waals surface area contributed by atoms with Crippen LogP contribution < -0.4 is 10.1 Å². The van der Waals surface area contributed by atoms with Crippen molar-refractivity contribution in [2.75, 3.05) is 26.7 Å². The van der Waals surface area contributed by atoms with Gasteiger partial charge in [0.1, 0.15) is 5.75 Å². The maximum atomic E-state index is 13.5. The smallest absolute Gasteiger partial charge is 0.254 e. The molecule has 2 aromatic rings. The van der Waals surface area contributed by atoms with E-state index in [1.807, 2.05) is 65.6 Å². The van der Waals surface area contributed by atoms with Gasteiger partial charge in [0.25, 0.3) is 5.91 Å². The first-order valence-corrected chi connectivity index (χ1v) is 11.6. The Bertz CT molecular complexity index is 916. The predicted octanol–water partition coefficient (Wildman–Crippen LogP) is 4.78. The van der Waals surface area contributed by atoms with Gasteiger partial charge in [0.2, 0.25) is 5.91 Å². The predicted molar refractivity (Wildman–Crippen MR) is 129 cm³/mol. The highest BCUT2D eigenvalue weighted by molar-refractivity contribution is 6.24. The van der Waals surface area contributed by atoms with Crippen molar-refractivity contribution in [1.82, 2.24) is 10.2 Å². The molecular formula is C27H34N2O3. The molecule has 1 aliphatic rings. The van der Waals surface area contributed by atoms with Crippen molar-refractivity contribution in [2.24, 2.45) is 5.92 Å². The van der Waals surface area contributed by atoms with Gasteiger partial charge in [-0.25, -0.2) is 0 Å². The van der Waals surface area contributed by atoms with Crippen molar-refractivity contribution in [3.05, 3.63) is 65.7 Å². The van der Waals surface area contributed by atoms with E-state index in [1.54, 1.807) is 7.11 Å². The molecule has 3 rings (SSSR count). The van der Waals surface area contributed by atoms with Crippen LogP contribution in [0.1, 0.15) is 50.2 Å². The third-order valence-electron chi connectivity index (χ3n) is 5.99. The molecule has 0 unspecified atom stereocenters. The highest BCUT2D eigenvalue weighted by Crippen LogP contribution is 2.28. The molecule has 2 aromatic carbocycles. The molecule has 5 heteroatoms. The summed E-state index contributed by atoms with van der Waals surface area (Å²) in [5.74, 6) is 0.830. The summed E-state index contributed by atoms with van der Waals surface area (Å²) in [7, 11) is 1.63. The van der Waals surface area contributed by atoms with Gasteiger partial charge in [-0.1, -0.05) is 68.3 Å². The van der Waals surface area contributed by atoms with Gasteiger partial charge in [-0.15, -0.1) is 0 Å². The normalized spacial score (nSPS) is 14.8. The van der Waals surface area contributed by atoms with E-state index in [0.29, 0.717) is 31.5 Å². The van der Waals surface area contributed by atoms with Crippen LogP contribution in [-0.2, 0) is 9.59 Å². The van der Waals surface area contributed by atoms with E-state index in [9.17, 15) is 9.59 Å². The van der Waals surface area contributed by atoms with Crippen LogP contribution in [0, 0.1) is 5.92 Å². The van der Waals surface area contributed by atoms with Crippen LogP contribution in [0.5, 0.6) is 5.75 Å². The maximum absolute atomic E-state index is 13.5. The number of likely N-dealkylation sites (tertiary alicyclic amines) is 1. The van der Waals surface area contributed by atoms with Crippen molar-refractivity contribution in [3.63, 3.8) is 0 Å². The first kappa shape index (κ1) is 23.6. The van der Waals surface area contributed by atoms with Gasteiger partial charge in [0.05, 0.1) is 7.11 Å². The van der Waals surface area contributed by atoms with E-state index < -0.39 is 0 Å². The van der Waals surface area contributed by atoms with E-state index in [-0.39, 0.29) is 17.7 Å². The van der Waals surface area contributed by atoms with Gasteiger partial charge < -0.3 is 15.0 Å². The summed E-state index contributed by atoms with van der Waals surface area (Å²) in [5, 5.41) is 3.06. The van der Waals surface area contributed by atoms with Crippen LogP contribution in [0.15, 0.2) is 54.6 Å². The Labute approximate surface area is 191 Å². The molecule has 5 nitrogen and oxygen atoms in total. The lowest BCUT2D eigenvalue weighted by atomic mass is 9.94. The van der Waals surface area contributed by atoms with Gasteiger partial charge in [0, 0.05) is 36.7 Å². The minimum atomic E-state index is -0.0148. The maximum Gasteiger partial charge on any atom is 0.254 e. The molecule has 0 aromatic heterocycles. The second-order valence-corrected chi connectivity index (χ2v) is 8.23. The number of para-hydroxylation sites is 1. The highest BCUT2D eigenvalue weighted by Gasteiger charge is 2.29.